The number of anilines is 3. The number of hydrogen-bond acceptors (Lipinski definition) is 9. The number of aromatic nitrogens is 5. The van der Waals surface area contributed by atoms with E-state index in [0.717, 1.165) is 4.90 Å². The summed E-state index contributed by atoms with van der Waals surface area (Å²) in [5.41, 5.74) is 0.645. The van der Waals surface area contributed by atoms with E-state index in [1.165, 1.54) is 36.0 Å². The van der Waals surface area contributed by atoms with Gasteiger partial charge in [-0.25, -0.2) is 9.78 Å². The predicted octanol–water partition coefficient (Wildman–Crippen LogP) is 1.17. The number of benzene rings is 1. The van der Waals surface area contributed by atoms with E-state index in [4.69, 9.17) is 8.85 Å². The van der Waals surface area contributed by atoms with Gasteiger partial charge in [-0.1, -0.05) is 6.07 Å². The molecule has 1 aliphatic rings. The lowest BCUT2D eigenvalue weighted by Crippen LogP contribution is -2.35. The molecule has 2 aromatic heterocycles. The van der Waals surface area contributed by atoms with Crippen molar-refractivity contribution in [2.45, 2.75) is 6.92 Å². The highest BCUT2D eigenvalue weighted by Gasteiger charge is 2.34. The molecule has 1 fully saturated rings. The zero-order valence-electron chi connectivity index (χ0n) is 21.6. The molecule has 0 spiro atoms. The maximum atomic E-state index is 12.8. The molecule has 2 N–H and O–H groups in total. The first-order chi connectivity index (χ1) is 17.5. The SMILES string of the molecule is [2H]C([2H])([2H])NC(=O)c1nnc(N2CCN(C(C)=O)C2=O)cc1Nc1cccc(-c2ncn(C)n2)c1OC. The van der Waals surface area contributed by atoms with Crippen molar-refractivity contribution >= 4 is 35.0 Å². The molecule has 176 valence electrons. The van der Waals surface area contributed by atoms with Crippen LogP contribution in [0.15, 0.2) is 30.6 Å². The Hall–Kier alpha value is -4.55. The Balaban J connectivity index is 1.77. The fourth-order valence-electron chi connectivity index (χ4n) is 3.52. The van der Waals surface area contributed by atoms with E-state index in [9.17, 15) is 14.4 Å². The van der Waals surface area contributed by atoms with Crippen LogP contribution in [0, 0.1) is 0 Å². The molecule has 34 heavy (non-hydrogen) atoms. The van der Waals surface area contributed by atoms with Gasteiger partial charge in [-0.05, 0) is 12.1 Å². The minimum atomic E-state index is -2.77. The Morgan fingerprint density at radius 2 is 2.03 bits per heavy atom. The van der Waals surface area contributed by atoms with Gasteiger partial charge in [0, 0.05) is 44.2 Å². The number of carbonyl (C=O) groups is 3. The smallest absolute Gasteiger partial charge is 0.332 e. The Labute approximate surface area is 198 Å². The molecule has 4 amide bonds. The number of amides is 4. The minimum Gasteiger partial charge on any atom is -0.494 e. The number of nitrogens with one attached hydrogen (secondary N) is 2. The molecule has 3 heterocycles. The number of nitrogens with zero attached hydrogens (tertiary/aromatic N) is 7. The second-order valence-electron chi connectivity index (χ2n) is 7.28. The second-order valence-corrected chi connectivity index (χ2v) is 7.28. The Bertz CT molecular complexity index is 1380. The van der Waals surface area contributed by atoms with Gasteiger partial charge in [-0.2, -0.15) is 5.10 Å². The third-order valence-corrected chi connectivity index (χ3v) is 5.10. The first-order valence-corrected chi connectivity index (χ1v) is 10.1. The molecule has 0 atom stereocenters. The van der Waals surface area contributed by atoms with Crippen LogP contribution in [0.3, 0.4) is 0 Å². The average molecular weight is 468 g/mol. The molecule has 4 rings (SSSR count). The van der Waals surface area contributed by atoms with E-state index in [2.05, 4.69) is 25.6 Å². The van der Waals surface area contributed by atoms with Crippen LogP contribution in [0.5, 0.6) is 5.75 Å². The van der Waals surface area contributed by atoms with Gasteiger partial charge in [0.05, 0.1) is 24.0 Å². The molecule has 0 radical (unpaired) electrons. The maximum Gasteiger partial charge on any atom is 0.332 e. The number of aryl methyl sites for hydroxylation is 1. The van der Waals surface area contributed by atoms with E-state index < -0.39 is 24.8 Å². The van der Waals surface area contributed by atoms with Crippen LogP contribution in [0.2, 0.25) is 0 Å². The summed E-state index contributed by atoms with van der Waals surface area (Å²) in [6.45, 7) is -1.17. The van der Waals surface area contributed by atoms with Crippen molar-refractivity contribution in [2.24, 2.45) is 7.05 Å². The molecule has 1 saturated heterocycles. The number of ether oxygens (including phenoxy) is 1. The number of rotatable bonds is 6. The van der Waals surface area contributed by atoms with Crippen LogP contribution in [0.1, 0.15) is 21.5 Å². The summed E-state index contributed by atoms with van der Waals surface area (Å²) >= 11 is 0. The van der Waals surface area contributed by atoms with Crippen molar-refractivity contribution in [1.82, 2.24) is 35.2 Å². The number of imide groups is 1. The van der Waals surface area contributed by atoms with Crippen molar-refractivity contribution in [3.8, 4) is 17.1 Å². The van der Waals surface area contributed by atoms with Crippen LogP contribution in [-0.2, 0) is 11.8 Å². The topological polar surface area (TPSA) is 147 Å². The summed E-state index contributed by atoms with van der Waals surface area (Å²) in [6, 6.07) is 5.90. The van der Waals surface area contributed by atoms with E-state index in [1.807, 2.05) is 5.32 Å². The first-order valence-electron chi connectivity index (χ1n) is 11.6. The molecule has 1 aromatic carbocycles. The largest absolute Gasteiger partial charge is 0.494 e. The minimum absolute atomic E-state index is 0.0465. The molecular formula is C21H23N9O4. The van der Waals surface area contributed by atoms with Crippen LogP contribution >= 0.6 is 0 Å². The molecule has 13 heteroatoms. The monoisotopic (exact) mass is 468 g/mol. The van der Waals surface area contributed by atoms with Gasteiger partial charge in [0.2, 0.25) is 5.91 Å². The van der Waals surface area contributed by atoms with Gasteiger partial charge in [0.15, 0.2) is 23.1 Å². The third-order valence-electron chi connectivity index (χ3n) is 5.10. The number of urea groups is 1. The summed E-state index contributed by atoms with van der Waals surface area (Å²) in [5, 5.41) is 17.1. The van der Waals surface area contributed by atoms with Gasteiger partial charge >= 0.3 is 6.03 Å². The van der Waals surface area contributed by atoms with E-state index >= 15 is 0 Å². The summed E-state index contributed by atoms with van der Waals surface area (Å²) in [5.74, 6) is -0.639. The molecule has 0 bridgehead atoms. The zero-order valence-corrected chi connectivity index (χ0v) is 18.6. The van der Waals surface area contributed by atoms with Crippen LogP contribution in [0.25, 0.3) is 11.4 Å². The lowest BCUT2D eigenvalue weighted by atomic mass is 10.1. The lowest BCUT2D eigenvalue weighted by Gasteiger charge is -2.18. The highest BCUT2D eigenvalue weighted by atomic mass is 16.5. The summed E-state index contributed by atoms with van der Waals surface area (Å²) in [6.07, 6.45) is 1.53. The van der Waals surface area contributed by atoms with Gasteiger partial charge in [-0.3, -0.25) is 24.1 Å². The normalized spacial score (nSPS) is 14.9. The van der Waals surface area contributed by atoms with Crippen molar-refractivity contribution < 1.29 is 23.2 Å². The van der Waals surface area contributed by atoms with Crippen molar-refractivity contribution in [2.75, 3.05) is 37.4 Å². The van der Waals surface area contributed by atoms with Crippen molar-refractivity contribution in [1.29, 1.82) is 0 Å². The molecule has 0 unspecified atom stereocenters. The maximum absolute atomic E-state index is 12.8. The Morgan fingerprint density at radius 1 is 1.21 bits per heavy atom. The van der Waals surface area contributed by atoms with E-state index in [-0.39, 0.29) is 30.3 Å². The predicted molar refractivity (Wildman–Crippen MR) is 122 cm³/mol. The first kappa shape index (κ1) is 19.0. The lowest BCUT2D eigenvalue weighted by molar-refractivity contribution is -0.125. The van der Waals surface area contributed by atoms with Gasteiger partial charge in [0.1, 0.15) is 6.33 Å². The van der Waals surface area contributed by atoms with Crippen LogP contribution in [0.4, 0.5) is 22.0 Å². The van der Waals surface area contributed by atoms with Gasteiger partial charge < -0.3 is 15.4 Å². The molecule has 3 aromatic rings. The standard InChI is InChI=1S/C21H23N9O4/c1-12(31)29-8-9-30(21(29)33)16-10-15(17(26-25-16)20(32)22-2)24-14-7-5-6-13(18(14)34-4)19-23-11-28(3)27-19/h5-7,10-11H,8-9H2,1-4H3,(H,22,32)(H,24,25)/i2D3. The van der Waals surface area contributed by atoms with Crippen molar-refractivity contribution in [3.05, 3.63) is 36.3 Å². The number of hydrogen-bond donors (Lipinski definition) is 2. The zero-order chi connectivity index (χ0) is 26.9. The fraction of sp³-hybridized carbons (Fsp3) is 0.286. The molecular weight excluding hydrogens is 442 g/mol. The highest BCUT2D eigenvalue weighted by molar-refractivity contribution is 6.04. The van der Waals surface area contributed by atoms with E-state index in [0.29, 0.717) is 22.8 Å². The summed E-state index contributed by atoms with van der Waals surface area (Å²) in [4.78, 5) is 43.7. The van der Waals surface area contributed by atoms with E-state index in [1.54, 1.807) is 25.2 Å². The number of carbonyl (C=O) groups excluding carboxylic acids is 3. The van der Waals surface area contributed by atoms with Gasteiger partial charge in [-0.15, -0.1) is 10.2 Å². The molecule has 1 aliphatic heterocycles. The highest BCUT2D eigenvalue weighted by Crippen LogP contribution is 2.37. The number of methoxy groups -OCH3 is 1. The fourth-order valence-corrected chi connectivity index (χ4v) is 3.52. The Kier molecular flexibility index (Phi) is 5.09. The molecule has 0 aliphatic carbocycles. The number of para-hydroxylation sites is 1. The Morgan fingerprint density at radius 3 is 2.68 bits per heavy atom. The molecule has 0 saturated carbocycles. The third kappa shape index (κ3) is 4.10. The van der Waals surface area contributed by atoms with Gasteiger partial charge in [0.25, 0.3) is 5.91 Å². The molecule has 13 nitrogen and oxygen atoms in total. The quantitative estimate of drug-likeness (QED) is 0.544. The van der Waals surface area contributed by atoms with Crippen LogP contribution < -0.4 is 20.3 Å². The summed E-state index contributed by atoms with van der Waals surface area (Å²) < 4.78 is 29.2. The second kappa shape index (κ2) is 9.13. The van der Waals surface area contributed by atoms with Crippen LogP contribution in [-0.4, -0.2) is 74.9 Å². The van der Waals surface area contributed by atoms with Crippen molar-refractivity contribution in [3.63, 3.8) is 0 Å². The average Bonchev–Trinajstić information content (AvgIpc) is 3.43. The summed E-state index contributed by atoms with van der Waals surface area (Å²) in [7, 11) is 3.17.